The number of esters is 2. The van der Waals surface area contributed by atoms with E-state index in [1.807, 2.05) is 13.8 Å². The highest BCUT2D eigenvalue weighted by molar-refractivity contribution is 6.18. The second-order valence-corrected chi connectivity index (χ2v) is 3.70. The van der Waals surface area contributed by atoms with Crippen LogP contribution in [0.2, 0.25) is 0 Å². The van der Waals surface area contributed by atoms with Gasteiger partial charge in [0.05, 0.1) is 16.7 Å². The molecule has 0 unspecified atom stereocenters. The molecule has 0 saturated heterocycles. The number of carbonyl (C=O) groups excluding carboxylic acids is 3. The monoisotopic (exact) mass is 278 g/mol. The highest BCUT2D eigenvalue weighted by Gasteiger charge is 2.33. The molecule has 0 amide bonds. The average Bonchev–Trinajstić information content (AvgIpc) is 2.73. The number of Topliss-reactive ketones (excluding diaryl/α,β-unsaturated/α-hetero) is 1. The lowest BCUT2D eigenvalue weighted by Crippen LogP contribution is -2.10. The van der Waals surface area contributed by atoms with E-state index in [4.69, 9.17) is 5.11 Å². The Hall–Kier alpha value is -2.50. The largest absolute Gasteiger partial charge is 0.478 e. The van der Waals surface area contributed by atoms with Crippen molar-refractivity contribution in [3.8, 4) is 0 Å². The number of aromatic carboxylic acids is 1. The van der Waals surface area contributed by atoms with Crippen molar-refractivity contribution in [2.75, 3.05) is 0 Å². The summed E-state index contributed by atoms with van der Waals surface area (Å²) in [4.78, 5) is 45.3. The van der Waals surface area contributed by atoms with Crippen LogP contribution in [0.3, 0.4) is 0 Å². The third-order valence-corrected chi connectivity index (χ3v) is 2.63. The summed E-state index contributed by atoms with van der Waals surface area (Å²) in [6, 6.07) is 2.12. The third kappa shape index (κ3) is 2.59. The zero-order chi connectivity index (χ0) is 15.4. The third-order valence-electron chi connectivity index (χ3n) is 2.63. The van der Waals surface area contributed by atoms with Crippen molar-refractivity contribution >= 4 is 23.7 Å². The van der Waals surface area contributed by atoms with Crippen LogP contribution < -0.4 is 0 Å². The lowest BCUT2D eigenvalue weighted by Gasteiger charge is -2.05. The number of rotatable bonds is 3. The van der Waals surface area contributed by atoms with Crippen LogP contribution in [0.25, 0.3) is 0 Å². The van der Waals surface area contributed by atoms with Crippen molar-refractivity contribution in [3.63, 3.8) is 0 Å². The minimum Gasteiger partial charge on any atom is -0.478 e. The van der Waals surface area contributed by atoms with Crippen molar-refractivity contribution in [2.24, 2.45) is 0 Å². The summed E-state index contributed by atoms with van der Waals surface area (Å²) in [6.07, 6.45) is 0.0993. The number of ether oxygens (including phenoxy) is 1. The summed E-state index contributed by atoms with van der Waals surface area (Å²) in [6.45, 7) is 5.57. The number of carboxylic acid groups (broad SMARTS) is 1. The fraction of sp³-hybridized carbons (Fsp3) is 0.286. The van der Waals surface area contributed by atoms with Gasteiger partial charge in [-0.2, -0.15) is 0 Å². The molecule has 0 spiro atoms. The molecule has 1 aliphatic rings. The Morgan fingerprint density at radius 1 is 1.05 bits per heavy atom. The van der Waals surface area contributed by atoms with Gasteiger partial charge in [-0.05, 0) is 12.1 Å². The van der Waals surface area contributed by atoms with E-state index in [9.17, 15) is 19.2 Å². The van der Waals surface area contributed by atoms with E-state index in [0.717, 1.165) is 12.1 Å². The summed E-state index contributed by atoms with van der Waals surface area (Å²) in [5.74, 6) is -3.51. The maximum Gasteiger partial charge on any atom is 0.346 e. The van der Waals surface area contributed by atoms with Gasteiger partial charge < -0.3 is 9.84 Å². The van der Waals surface area contributed by atoms with Gasteiger partial charge in [0.25, 0.3) is 0 Å². The fourth-order valence-electron chi connectivity index (χ4n) is 1.73. The number of hydrogen-bond acceptors (Lipinski definition) is 5. The van der Waals surface area contributed by atoms with Crippen LogP contribution in [-0.4, -0.2) is 28.8 Å². The molecule has 0 aromatic heterocycles. The molecule has 1 heterocycles. The molecule has 0 atom stereocenters. The molecule has 1 aromatic rings. The number of ketones is 1. The second kappa shape index (κ2) is 6.10. The highest BCUT2D eigenvalue weighted by atomic mass is 16.6. The Morgan fingerprint density at radius 3 is 1.90 bits per heavy atom. The Labute approximate surface area is 115 Å². The zero-order valence-electron chi connectivity index (χ0n) is 11.4. The average molecular weight is 278 g/mol. The Bertz CT molecular complexity index is 600. The molecule has 6 nitrogen and oxygen atoms in total. The topological polar surface area (TPSA) is 97.7 Å². The van der Waals surface area contributed by atoms with E-state index in [1.165, 1.54) is 0 Å². The number of carboxylic acids is 1. The quantitative estimate of drug-likeness (QED) is 0.517. The molecule has 106 valence electrons. The molecule has 20 heavy (non-hydrogen) atoms. The minimum atomic E-state index is -1.33. The molecule has 1 aromatic carbocycles. The van der Waals surface area contributed by atoms with Gasteiger partial charge in [0, 0.05) is 12.0 Å². The summed E-state index contributed by atoms with van der Waals surface area (Å²) >= 11 is 0. The van der Waals surface area contributed by atoms with E-state index in [2.05, 4.69) is 4.74 Å². The van der Waals surface area contributed by atoms with Gasteiger partial charge in [0.1, 0.15) is 0 Å². The minimum absolute atomic E-state index is 0.0678. The molecule has 0 radical (unpaired) electrons. The van der Waals surface area contributed by atoms with Gasteiger partial charge in [-0.25, -0.2) is 14.4 Å². The number of fused-ring (bicyclic) bond motifs is 1. The smallest absolute Gasteiger partial charge is 0.346 e. The fourth-order valence-corrected chi connectivity index (χ4v) is 1.73. The van der Waals surface area contributed by atoms with Gasteiger partial charge in [0.15, 0.2) is 5.78 Å². The molecular formula is C14H14O6. The molecule has 0 fully saturated rings. The van der Waals surface area contributed by atoms with Crippen molar-refractivity contribution in [2.45, 2.75) is 27.2 Å². The lowest BCUT2D eigenvalue weighted by atomic mass is 9.96. The molecule has 6 heteroatoms. The van der Waals surface area contributed by atoms with Crippen LogP contribution in [0.1, 0.15) is 68.6 Å². The summed E-state index contributed by atoms with van der Waals surface area (Å²) in [5, 5.41) is 9.00. The molecular weight excluding hydrogens is 264 g/mol. The number of benzene rings is 1. The Kier molecular flexibility index (Phi) is 4.74. The first-order chi connectivity index (χ1) is 9.45. The summed E-state index contributed by atoms with van der Waals surface area (Å²) < 4.78 is 4.35. The Balaban J connectivity index is 0.000000956. The maximum atomic E-state index is 11.6. The lowest BCUT2D eigenvalue weighted by molar-refractivity contribution is 0.0443. The van der Waals surface area contributed by atoms with Crippen LogP contribution in [-0.2, 0) is 4.74 Å². The summed E-state index contributed by atoms with van der Waals surface area (Å²) in [5.41, 5.74) is -0.575. The second-order valence-electron chi connectivity index (χ2n) is 3.70. The van der Waals surface area contributed by atoms with Crippen LogP contribution in [0.5, 0.6) is 0 Å². The SMILES string of the molecule is CC.CCC(=O)c1cc2c(cc1C(=O)O)C(=O)OC2=O. The molecule has 0 aliphatic carbocycles. The van der Waals surface area contributed by atoms with Crippen LogP contribution in [0.15, 0.2) is 12.1 Å². The van der Waals surface area contributed by atoms with Crippen LogP contribution >= 0.6 is 0 Å². The van der Waals surface area contributed by atoms with Crippen LogP contribution in [0, 0.1) is 0 Å². The predicted molar refractivity (Wildman–Crippen MR) is 69.1 cm³/mol. The van der Waals surface area contributed by atoms with Gasteiger partial charge in [0.2, 0.25) is 0 Å². The van der Waals surface area contributed by atoms with Crippen LogP contribution in [0.4, 0.5) is 0 Å². The van der Waals surface area contributed by atoms with Gasteiger partial charge >= 0.3 is 17.9 Å². The van der Waals surface area contributed by atoms with E-state index in [0.29, 0.717) is 0 Å². The standard InChI is InChI=1S/C12H8O6.C2H6/c1-2-9(13)5-3-7-8(4-6(5)10(14)15)12(17)18-11(7)16;1-2/h3-4H,2H2,1H3,(H,14,15);1-2H3. The molecule has 0 bridgehead atoms. The zero-order valence-corrected chi connectivity index (χ0v) is 11.4. The number of cyclic esters (lactones) is 2. The first kappa shape index (κ1) is 15.6. The number of hydrogen-bond donors (Lipinski definition) is 1. The van der Waals surface area contributed by atoms with E-state index in [-0.39, 0.29) is 28.7 Å². The first-order valence-electron chi connectivity index (χ1n) is 6.16. The first-order valence-corrected chi connectivity index (χ1v) is 6.16. The van der Waals surface area contributed by atoms with Gasteiger partial charge in [-0.1, -0.05) is 20.8 Å². The predicted octanol–water partition coefficient (Wildman–Crippen LogP) is 2.31. The molecule has 1 N–H and O–H groups in total. The molecule has 0 saturated carbocycles. The molecule has 1 aliphatic heterocycles. The van der Waals surface area contributed by atoms with Gasteiger partial charge in [-0.15, -0.1) is 0 Å². The summed E-state index contributed by atoms with van der Waals surface area (Å²) in [7, 11) is 0. The van der Waals surface area contributed by atoms with Crippen molar-refractivity contribution in [1.82, 2.24) is 0 Å². The number of carbonyl (C=O) groups is 4. The molecule has 2 rings (SSSR count). The van der Waals surface area contributed by atoms with Crippen molar-refractivity contribution in [1.29, 1.82) is 0 Å². The van der Waals surface area contributed by atoms with E-state index >= 15 is 0 Å². The van der Waals surface area contributed by atoms with E-state index < -0.39 is 23.7 Å². The highest BCUT2D eigenvalue weighted by Crippen LogP contribution is 2.25. The van der Waals surface area contributed by atoms with Crippen molar-refractivity contribution in [3.05, 3.63) is 34.4 Å². The van der Waals surface area contributed by atoms with E-state index in [1.54, 1.807) is 6.92 Å². The normalized spacial score (nSPS) is 12.2. The van der Waals surface area contributed by atoms with Gasteiger partial charge in [-0.3, -0.25) is 4.79 Å². The maximum absolute atomic E-state index is 11.6. The Morgan fingerprint density at radius 2 is 1.50 bits per heavy atom. The van der Waals surface area contributed by atoms with Crippen molar-refractivity contribution < 1.29 is 29.0 Å².